The summed E-state index contributed by atoms with van der Waals surface area (Å²) in [6, 6.07) is 6.03. The maximum Gasteiger partial charge on any atom is 0.246 e. The van der Waals surface area contributed by atoms with Crippen LogP contribution in [0, 0.1) is 0 Å². The van der Waals surface area contributed by atoms with Gasteiger partial charge >= 0.3 is 0 Å². The third-order valence-corrected chi connectivity index (χ3v) is 5.15. The molecule has 1 aromatic rings. The second kappa shape index (κ2) is 8.39. The van der Waals surface area contributed by atoms with Gasteiger partial charge in [-0.1, -0.05) is 6.07 Å². The average Bonchev–Trinajstić information content (AvgIpc) is 3.31. The Bertz CT molecular complexity index is 623. The van der Waals surface area contributed by atoms with Gasteiger partial charge in [0.15, 0.2) is 11.5 Å². The molecule has 1 amide bonds. The molecule has 0 saturated carbocycles. The lowest BCUT2D eigenvalue weighted by molar-refractivity contribution is -0.127. The summed E-state index contributed by atoms with van der Waals surface area (Å²) in [6.07, 6.45) is 8.35. The van der Waals surface area contributed by atoms with Crippen molar-refractivity contribution >= 4 is 12.0 Å². The van der Waals surface area contributed by atoms with Crippen LogP contribution in [0.5, 0.6) is 11.5 Å². The Morgan fingerprint density at radius 3 is 2.60 bits per heavy atom. The lowest BCUT2D eigenvalue weighted by atomic mass is 10.1. The van der Waals surface area contributed by atoms with Gasteiger partial charge in [-0.25, -0.2) is 0 Å². The zero-order valence-corrected chi connectivity index (χ0v) is 15.2. The third-order valence-electron chi connectivity index (χ3n) is 5.15. The number of amides is 1. The molecule has 0 radical (unpaired) electrons. The van der Waals surface area contributed by atoms with E-state index in [-0.39, 0.29) is 5.91 Å². The van der Waals surface area contributed by atoms with Gasteiger partial charge in [0.1, 0.15) is 0 Å². The van der Waals surface area contributed by atoms with Crippen LogP contribution >= 0.6 is 0 Å². The van der Waals surface area contributed by atoms with Crippen molar-refractivity contribution in [3.05, 3.63) is 29.8 Å². The Balaban J connectivity index is 1.63. The van der Waals surface area contributed by atoms with Crippen LogP contribution in [0.1, 0.15) is 31.2 Å². The van der Waals surface area contributed by atoms with Gasteiger partial charge < -0.3 is 19.3 Å². The molecule has 5 heteroatoms. The van der Waals surface area contributed by atoms with Crippen LogP contribution in [-0.2, 0) is 4.79 Å². The second-order valence-corrected chi connectivity index (χ2v) is 6.78. The van der Waals surface area contributed by atoms with E-state index in [1.54, 1.807) is 20.3 Å². The minimum Gasteiger partial charge on any atom is -0.493 e. The number of benzene rings is 1. The molecule has 5 nitrogen and oxygen atoms in total. The third kappa shape index (κ3) is 4.34. The van der Waals surface area contributed by atoms with Gasteiger partial charge in [0.05, 0.1) is 14.2 Å². The van der Waals surface area contributed by atoms with E-state index in [2.05, 4.69) is 4.90 Å². The van der Waals surface area contributed by atoms with Crippen LogP contribution in [0.3, 0.4) is 0 Å². The van der Waals surface area contributed by atoms with Crippen molar-refractivity contribution in [3.8, 4) is 11.5 Å². The molecule has 2 fully saturated rings. The van der Waals surface area contributed by atoms with Crippen LogP contribution in [0.15, 0.2) is 24.3 Å². The zero-order valence-electron chi connectivity index (χ0n) is 15.2. The van der Waals surface area contributed by atoms with Crippen molar-refractivity contribution in [2.45, 2.75) is 31.7 Å². The summed E-state index contributed by atoms with van der Waals surface area (Å²) in [5.41, 5.74) is 0.932. The lowest BCUT2D eigenvalue weighted by Gasteiger charge is -2.27. The SMILES string of the molecule is COc1ccc(/C=C\C(=O)N2CCC[C@@H]2CN2CCCC2)cc1OC. The van der Waals surface area contributed by atoms with Crippen LogP contribution in [-0.4, -0.2) is 62.1 Å². The lowest BCUT2D eigenvalue weighted by Crippen LogP contribution is -2.41. The van der Waals surface area contributed by atoms with E-state index in [1.807, 2.05) is 29.2 Å². The Labute approximate surface area is 150 Å². The van der Waals surface area contributed by atoms with Crippen LogP contribution < -0.4 is 9.47 Å². The topological polar surface area (TPSA) is 42.0 Å². The number of carbonyl (C=O) groups is 1. The molecule has 1 atom stereocenters. The number of nitrogens with zero attached hydrogens (tertiary/aromatic N) is 2. The minimum absolute atomic E-state index is 0.108. The molecule has 136 valence electrons. The number of methoxy groups -OCH3 is 2. The molecule has 0 aromatic heterocycles. The smallest absolute Gasteiger partial charge is 0.246 e. The number of hydrogen-bond acceptors (Lipinski definition) is 4. The molecule has 2 aliphatic rings. The van der Waals surface area contributed by atoms with Crippen molar-refractivity contribution in [3.63, 3.8) is 0 Å². The van der Waals surface area contributed by atoms with Gasteiger partial charge in [0, 0.05) is 25.2 Å². The molecule has 2 heterocycles. The summed E-state index contributed by atoms with van der Waals surface area (Å²) >= 11 is 0. The average molecular weight is 344 g/mol. The quantitative estimate of drug-likeness (QED) is 0.744. The normalized spacial score (nSPS) is 21.2. The summed E-state index contributed by atoms with van der Waals surface area (Å²) in [7, 11) is 3.23. The molecular formula is C20H28N2O3. The predicted molar refractivity (Wildman–Crippen MR) is 99.0 cm³/mol. The highest BCUT2D eigenvalue weighted by Crippen LogP contribution is 2.28. The van der Waals surface area contributed by atoms with Gasteiger partial charge in [-0.15, -0.1) is 0 Å². The fourth-order valence-corrected chi connectivity index (χ4v) is 3.80. The summed E-state index contributed by atoms with van der Waals surface area (Å²) < 4.78 is 10.6. The van der Waals surface area contributed by atoms with Crippen molar-refractivity contribution in [2.24, 2.45) is 0 Å². The van der Waals surface area contributed by atoms with Crippen LogP contribution in [0.4, 0.5) is 0 Å². The molecule has 25 heavy (non-hydrogen) atoms. The Hall–Kier alpha value is -2.01. The summed E-state index contributed by atoms with van der Waals surface area (Å²) in [6.45, 7) is 4.25. The molecule has 2 aliphatic heterocycles. The van der Waals surface area contributed by atoms with Gasteiger partial charge in [-0.3, -0.25) is 4.79 Å². The highest BCUT2D eigenvalue weighted by molar-refractivity contribution is 5.92. The molecule has 0 spiro atoms. The molecule has 0 bridgehead atoms. The van der Waals surface area contributed by atoms with E-state index in [0.29, 0.717) is 17.5 Å². The monoisotopic (exact) mass is 344 g/mol. The maximum absolute atomic E-state index is 12.6. The van der Waals surface area contributed by atoms with E-state index < -0.39 is 0 Å². The molecule has 0 N–H and O–H groups in total. The van der Waals surface area contributed by atoms with E-state index in [0.717, 1.165) is 31.5 Å². The maximum atomic E-state index is 12.6. The van der Waals surface area contributed by atoms with Crippen molar-refractivity contribution in [1.82, 2.24) is 9.80 Å². The first-order chi connectivity index (χ1) is 12.2. The molecule has 2 saturated heterocycles. The van der Waals surface area contributed by atoms with Gasteiger partial charge in [-0.05, 0) is 62.5 Å². The van der Waals surface area contributed by atoms with Crippen LogP contribution in [0.25, 0.3) is 6.08 Å². The Morgan fingerprint density at radius 1 is 1.12 bits per heavy atom. The standard InChI is InChI=1S/C20H28N2O3/c1-24-18-9-7-16(14-19(18)25-2)8-10-20(23)22-13-5-6-17(22)15-21-11-3-4-12-21/h7-10,14,17H,3-6,11-13,15H2,1-2H3/b10-8-/t17-/m1/s1. The molecule has 0 aliphatic carbocycles. The van der Waals surface area contributed by atoms with E-state index >= 15 is 0 Å². The summed E-state index contributed by atoms with van der Waals surface area (Å²) in [5, 5.41) is 0. The summed E-state index contributed by atoms with van der Waals surface area (Å²) in [5.74, 6) is 1.47. The predicted octanol–water partition coefficient (Wildman–Crippen LogP) is 2.80. The highest BCUT2D eigenvalue weighted by atomic mass is 16.5. The fourth-order valence-electron chi connectivity index (χ4n) is 3.80. The van der Waals surface area contributed by atoms with Crippen molar-refractivity contribution in [1.29, 1.82) is 0 Å². The number of rotatable bonds is 6. The number of likely N-dealkylation sites (tertiary alicyclic amines) is 2. The van der Waals surface area contributed by atoms with Crippen LogP contribution in [0.2, 0.25) is 0 Å². The molecule has 1 aromatic carbocycles. The van der Waals surface area contributed by atoms with E-state index in [1.165, 1.54) is 25.9 Å². The molecular weight excluding hydrogens is 316 g/mol. The highest BCUT2D eigenvalue weighted by Gasteiger charge is 2.29. The number of ether oxygens (including phenoxy) is 2. The largest absolute Gasteiger partial charge is 0.493 e. The number of carbonyl (C=O) groups excluding carboxylic acids is 1. The molecule has 3 rings (SSSR count). The Morgan fingerprint density at radius 2 is 1.88 bits per heavy atom. The minimum atomic E-state index is 0.108. The molecule has 0 unspecified atom stereocenters. The number of hydrogen-bond donors (Lipinski definition) is 0. The van der Waals surface area contributed by atoms with E-state index in [9.17, 15) is 4.79 Å². The first-order valence-corrected chi connectivity index (χ1v) is 9.14. The summed E-state index contributed by atoms with van der Waals surface area (Å²) in [4.78, 5) is 17.2. The van der Waals surface area contributed by atoms with Gasteiger partial charge in [0.25, 0.3) is 0 Å². The fraction of sp³-hybridized carbons (Fsp3) is 0.550. The van der Waals surface area contributed by atoms with Crippen molar-refractivity contribution in [2.75, 3.05) is 40.4 Å². The first kappa shape index (κ1) is 17.8. The van der Waals surface area contributed by atoms with Gasteiger partial charge in [0.2, 0.25) is 5.91 Å². The van der Waals surface area contributed by atoms with Gasteiger partial charge in [-0.2, -0.15) is 0 Å². The second-order valence-electron chi connectivity index (χ2n) is 6.78. The van der Waals surface area contributed by atoms with E-state index in [4.69, 9.17) is 9.47 Å². The Kier molecular flexibility index (Phi) is 5.97. The first-order valence-electron chi connectivity index (χ1n) is 9.14. The zero-order chi connectivity index (χ0) is 17.6. The van der Waals surface area contributed by atoms with Crippen molar-refractivity contribution < 1.29 is 14.3 Å².